The van der Waals surface area contributed by atoms with Crippen LogP contribution >= 0.6 is 7.92 Å². The molecular weight excluding hydrogens is 481 g/mol. The van der Waals surface area contributed by atoms with Crippen molar-refractivity contribution in [1.29, 1.82) is 0 Å². The monoisotopic (exact) mass is 515 g/mol. The first kappa shape index (κ1) is 23.9. The highest BCUT2D eigenvalue weighted by atomic mass is 31.1. The summed E-state index contributed by atoms with van der Waals surface area (Å²) in [5, 5.41) is 4.35. The molecule has 0 saturated heterocycles. The van der Waals surface area contributed by atoms with Crippen LogP contribution in [0.25, 0.3) is 0 Å². The third kappa shape index (κ3) is 3.76. The van der Waals surface area contributed by atoms with Gasteiger partial charge in [-0.1, -0.05) is 105 Å². The predicted molar refractivity (Wildman–Crippen MR) is 160 cm³/mol. The minimum atomic E-state index is -0.677. The molecule has 3 heteroatoms. The minimum absolute atomic E-state index is 0.0177. The molecule has 1 aliphatic heterocycles. The van der Waals surface area contributed by atoms with Crippen LogP contribution in [-0.2, 0) is 23.0 Å². The zero-order valence-corrected chi connectivity index (χ0v) is 23.1. The van der Waals surface area contributed by atoms with E-state index in [0.29, 0.717) is 12.5 Å². The molecule has 0 radical (unpaired) electrons. The number of benzene rings is 4. The van der Waals surface area contributed by atoms with Crippen molar-refractivity contribution in [3.05, 3.63) is 125 Å². The minimum Gasteiger partial charge on any atom is -0.475 e. The van der Waals surface area contributed by atoms with E-state index in [9.17, 15) is 0 Å². The third-order valence-corrected chi connectivity index (χ3v) is 11.3. The molecule has 1 heterocycles. The summed E-state index contributed by atoms with van der Waals surface area (Å²) in [5.41, 5.74) is 7.33. The van der Waals surface area contributed by atoms with Crippen LogP contribution in [0.4, 0.5) is 0 Å². The Morgan fingerprint density at radius 1 is 0.737 bits per heavy atom. The number of hydrogen-bond acceptors (Lipinski definition) is 2. The van der Waals surface area contributed by atoms with Gasteiger partial charge in [0.25, 0.3) is 0 Å². The molecule has 38 heavy (non-hydrogen) atoms. The van der Waals surface area contributed by atoms with Gasteiger partial charge in [0.2, 0.25) is 5.90 Å². The fourth-order valence-corrected chi connectivity index (χ4v) is 9.60. The van der Waals surface area contributed by atoms with E-state index in [1.165, 1.54) is 38.2 Å². The lowest BCUT2D eigenvalue weighted by Gasteiger charge is -2.33. The van der Waals surface area contributed by atoms with Crippen molar-refractivity contribution in [2.24, 2.45) is 10.9 Å². The van der Waals surface area contributed by atoms with Crippen LogP contribution in [0.15, 0.2) is 102 Å². The van der Waals surface area contributed by atoms with Crippen molar-refractivity contribution in [3.8, 4) is 0 Å². The van der Waals surface area contributed by atoms with E-state index in [4.69, 9.17) is 9.73 Å². The van der Waals surface area contributed by atoms with E-state index in [1.54, 1.807) is 5.56 Å². The highest BCUT2D eigenvalue weighted by molar-refractivity contribution is 7.79. The second kappa shape index (κ2) is 9.51. The summed E-state index contributed by atoms with van der Waals surface area (Å²) in [6.07, 6.45) is 4.58. The molecule has 1 spiro atoms. The number of hydrogen-bond donors (Lipinski definition) is 0. The molecule has 2 atom stereocenters. The molecule has 2 aliphatic carbocycles. The molecule has 0 bridgehead atoms. The quantitative estimate of drug-likeness (QED) is 0.281. The highest BCUT2D eigenvalue weighted by Crippen LogP contribution is 2.55. The van der Waals surface area contributed by atoms with Gasteiger partial charge in [0.15, 0.2) is 0 Å². The van der Waals surface area contributed by atoms with Crippen LogP contribution in [0, 0.1) is 5.92 Å². The number of aryl methyl sites for hydroxylation is 2. The zero-order valence-electron chi connectivity index (χ0n) is 22.2. The Kier molecular flexibility index (Phi) is 5.97. The summed E-state index contributed by atoms with van der Waals surface area (Å²) >= 11 is 0. The molecular formula is C35H34NOP. The average molecular weight is 516 g/mol. The van der Waals surface area contributed by atoms with E-state index in [-0.39, 0.29) is 11.5 Å². The first-order chi connectivity index (χ1) is 18.7. The van der Waals surface area contributed by atoms with E-state index in [0.717, 1.165) is 31.6 Å². The summed E-state index contributed by atoms with van der Waals surface area (Å²) in [7, 11) is -0.677. The zero-order chi connectivity index (χ0) is 25.7. The van der Waals surface area contributed by atoms with Crippen molar-refractivity contribution in [2.75, 3.05) is 6.61 Å². The van der Waals surface area contributed by atoms with Gasteiger partial charge in [-0.25, -0.2) is 4.99 Å². The molecule has 190 valence electrons. The summed E-state index contributed by atoms with van der Waals surface area (Å²) in [6.45, 7) is 5.18. The van der Waals surface area contributed by atoms with Crippen LogP contribution in [-0.4, -0.2) is 18.5 Å². The SMILES string of the molecule is CC(C)[C@H]1COC(c2cccc3c2[C@@]2(CC3)CCc3cccc(P(c4ccccc4)c4ccccc4)c32)=N1. The molecule has 0 N–H and O–H groups in total. The largest absolute Gasteiger partial charge is 0.475 e. The molecule has 0 unspecified atom stereocenters. The van der Waals surface area contributed by atoms with Crippen LogP contribution in [0.2, 0.25) is 0 Å². The Balaban J connectivity index is 1.44. The molecule has 7 rings (SSSR count). The number of rotatable bonds is 5. The molecule has 0 saturated carbocycles. The van der Waals surface area contributed by atoms with Gasteiger partial charge in [0, 0.05) is 11.0 Å². The van der Waals surface area contributed by atoms with Crippen LogP contribution in [0.5, 0.6) is 0 Å². The topological polar surface area (TPSA) is 21.6 Å². The third-order valence-electron chi connectivity index (χ3n) is 8.82. The highest BCUT2D eigenvalue weighted by Gasteiger charge is 2.49. The maximum Gasteiger partial charge on any atom is 0.216 e. The molecule has 0 amide bonds. The van der Waals surface area contributed by atoms with Crippen molar-refractivity contribution in [1.82, 2.24) is 0 Å². The van der Waals surface area contributed by atoms with Gasteiger partial charge in [0.1, 0.15) is 6.61 Å². The van der Waals surface area contributed by atoms with E-state index in [2.05, 4.69) is 111 Å². The second-order valence-corrected chi connectivity index (χ2v) is 13.5. The van der Waals surface area contributed by atoms with Gasteiger partial charge in [-0.05, 0) is 83.8 Å². The Morgan fingerprint density at radius 3 is 1.95 bits per heavy atom. The van der Waals surface area contributed by atoms with Gasteiger partial charge in [-0.2, -0.15) is 0 Å². The van der Waals surface area contributed by atoms with Gasteiger partial charge >= 0.3 is 0 Å². The van der Waals surface area contributed by atoms with Crippen molar-refractivity contribution >= 4 is 29.7 Å². The number of ether oxygens (including phenoxy) is 1. The van der Waals surface area contributed by atoms with Crippen LogP contribution in [0.3, 0.4) is 0 Å². The number of fused-ring (bicyclic) bond motifs is 4. The number of aliphatic imine (C=N–C) groups is 1. The Labute approximate surface area is 227 Å². The second-order valence-electron chi connectivity index (χ2n) is 11.3. The smallest absolute Gasteiger partial charge is 0.216 e. The standard InChI is InChI=1S/C35H34NOP/c1-24(2)30-23-37-34(36-30)29-17-9-11-25-19-21-35(32(25)29)22-20-26-12-10-18-31(33(26)35)38(27-13-5-3-6-14-27)28-15-7-4-8-16-28/h3-18,24,30H,19-23H2,1-2H3/t30-,35-/m1/s1. The Hall–Kier alpha value is -3.22. The molecule has 4 aromatic carbocycles. The fourth-order valence-electron chi connectivity index (χ4n) is 6.99. The first-order valence-corrected chi connectivity index (χ1v) is 15.4. The maximum atomic E-state index is 6.30. The lowest BCUT2D eigenvalue weighted by molar-refractivity contribution is 0.291. The molecule has 2 nitrogen and oxygen atoms in total. The molecule has 0 fully saturated rings. The van der Waals surface area contributed by atoms with Crippen molar-refractivity contribution < 1.29 is 4.74 Å². The predicted octanol–water partition coefficient (Wildman–Crippen LogP) is 6.42. The normalized spacial score (nSPS) is 21.6. The first-order valence-electron chi connectivity index (χ1n) is 14.0. The van der Waals surface area contributed by atoms with E-state index >= 15 is 0 Å². The average Bonchev–Trinajstić information content (AvgIpc) is 3.69. The Morgan fingerprint density at radius 2 is 1.34 bits per heavy atom. The summed E-state index contributed by atoms with van der Waals surface area (Å²) in [6, 6.07) is 36.5. The van der Waals surface area contributed by atoms with Crippen LogP contribution < -0.4 is 15.9 Å². The van der Waals surface area contributed by atoms with E-state index in [1.807, 2.05) is 0 Å². The van der Waals surface area contributed by atoms with Crippen molar-refractivity contribution in [2.45, 2.75) is 51.0 Å². The molecule has 3 aliphatic rings. The van der Waals surface area contributed by atoms with Gasteiger partial charge in [-0.15, -0.1) is 0 Å². The summed E-state index contributed by atoms with van der Waals surface area (Å²) in [5.74, 6) is 1.35. The van der Waals surface area contributed by atoms with E-state index < -0.39 is 7.92 Å². The lowest BCUT2D eigenvalue weighted by atomic mass is 9.74. The number of nitrogens with zero attached hydrogens (tertiary/aromatic N) is 1. The fraction of sp³-hybridized carbons (Fsp3) is 0.286. The van der Waals surface area contributed by atoms with Gasteiger partial charge in [-0.3, -0.25) is 0 Å². The summed E-state index contributed by atoms with van der Waals surface area (Å²) in [4.78, 5) is 5.10. The van der Waals surface area contributed by atoms with Crippen molar-refractivity contribution in [3.63, 3.8) is 0 Å². The van der Waals surface area contributed by atoms with Gasteiger partial charge < -0.3 is 4.74 Å². The molecule has 4 aromatic rings. The molecule has 0 aromatic heterocycles. The van der Waals surface area contributed by atoms with Gasteiger partial charge in [0.05, 0.1) is 6.04 Å². The lowest BCUT2D eigenvalue weighted by Crippen LogP contribution is -2.32. The summed E-state index contributed by atoms with van der Waals surface area (Å²) < 4.78 is 6.30. The maximum absolute atomic E-state index is 6.30. The van der Waals surface area contributed by atoms with Crippen LogP contribution in [0.1, 0.15) is 54.5 Å². The Bertz CT molecular complexity index is 1470.